The highest BCUT2D eigenvalue weighted by atomic mass is 79.9. The molecular weight excluding hydrogens is 441 g/mol. The lowest BCUT2D eigenvalue weighted by Crippen LogP contribution is -2.50. The minimum absolute atomic E-state index is 0.371. The Hall–Kier alpha value is -1.47. The van der Waals surface area contributed by atoms with E-state index in [-0.39, 0.29) is 0 Å². The van der Waals surface area contributed by atoms with Gasteiger partial charge in [0.25, 0.3) is 0 Å². The summed E-state index contributed by atoms with van der Waals surface area (Å²) in [6, 6.07) is 9.52. The highest BCUT2D eigenvalue weighted by Gasteiger charge is 2.54. The number of aromatic nitrogens is 1. The zero-order valence-corrected chi connectivity index (χ0v) is 16.2. The molecule has 122 valence electrons. The number of halogens is 4. The molecule has 0 amide bonds. The molecule has 2 aliphatic rings. The summed E-state index contributed by atoms with van der Waals surface area (Å²) in [5, 5.41) is 0. The fraction of sp³-hybridized carbons (Fsp3) is 0.118. The van der Waals surface area contributed by atoms with E-state index in [1.165, 1.54) is 0 Å². The van der Waals surface area contributed by atoms with Crippen LogP contribution in [0, 0.1) is 13.8 Å². The normalized spacial score (nSPS) is 18.2. The summed E-state index contributed by atoms with van der Waals surface area (Å²) in [6.45, 7) is 0.0741. The maximum Gasteiger partial charge on any atom is 0.738 e. The maximum atomic E-state index is 15.1. The molecule has 0 unspecified atom stereocenters. The van der Waals surface area contributed by atoms with Gasteiger partial charge in [0, 0.05) is 33.8 Å². The third-order valence-corrected chi connectivity index (χ3v) is 5.81. The van der Waals surface area contributed by atoms with E-state index in [0.717, 1.165) is 31.2 Å². The molecule has 0 atom stereocenters. The van der Waals surface area contributed by atoms with E-state index >= 15 is 8.63 Å². The van der Waals surface area contributed by atoms with E-state index in [1.807, 2.05) is 26.0 Å². The van der Waals surface area contributed by atoms with Gasteiger partial charge in [-0.25, -0.2) is 0 Å². The molecule has 0 spiro atoms. The molecule has 1 aromatic carbocycles. The van der Waals surface area contributed by atoms with Gasteiger partial charge in [0.1, 0.15) is 0 Å². The van der Waals surface area contributed by atoms with Crippen molar-refractivity contribution < 1.29 is 13.1 Å². The van der Waals surface area contributed by atoms with Gasteiger partial charge in [-0.05, 0) is 53.0 Å². The van der Waals surface area contributed by atoms with Crippen LogP contribution in [-0.2, 0) is 0 Å². The fourth-order valence-corrected chi connectivity index (χ4v) is 4.64. The minimum atomic E-state index is -3.96. The Bertz CT molecular complexity index is 986. The van der Waals surface area contributed by atoms with Gasteiger partial charge in [-0.3, -0.25) is 0 Å². The lowest BCUT2D eigenvalue weighted by molar-refractivity contribution is -0.358. The second-order valence-corrected chi connectivity index (χ2v) is 7.73. The molecule has 2 nitrogen and oxygen atoms in total. The lowest BCUT2D eigenvalue weighted by Gasteiger charge is -2.32. The second-order valence-electron chi connectivity index (χ2n) is 6.10. The van der Waals surface area contributed by atoms with Gasteiger partial charge in [-0.1, -0.05) is 23.8 Å². The molecule has 0 radical (unpaired) electrons. The molecule has 0 aliphatic carbocycles. The molecule has 2 aliphatic heterocycles. The van der Waals surface area contributed by atoms with Crippen LogP contribution in [0.2, 0.25) is 0 Å². The van der Waals surface area contributed by atoms with Gasteiger partial charge >= 0.3 is 6.97 Å². The molecule has 0 saturated carbocycles. The fourth-order valence-electron chi connectivity index (χ4n) is 3.50. The summed E-state index contributed by atoms with van der Waals surface area (Å²) < 4.78 is 33.2. The van der Waals surface area contributed by atoms with Crippen molar-refractivity contribution >= 4 is 49.0 Å². The molecule has 1 aromatic heterocycles. The first-order valence-corrected chi connectivity index (χ1v) is 9.12. The molecule has 24 heavy (non-hydrogen) atoms. The predicted molar refractivity (Wildman–Crippen MR) is 101 cm³/mol. The molecule has 3 heterocycles. The van der Waals surface area contributed by atoms with Crippen LogP contribution in [0.1, 0.15) is 22.4 Å². The largest absolute Gasteiger partial charge is 0.738 e. The van der Waals surface area contributed by atoms with Gasteiger partial charge in [0.2, 0.25) is 4.62 Å². The Morgan fingerprint density at radius 3 is 2.50 bits per heavy atom. The number of allylic oxidation sites excluding steroid dienone is 2. The topological polar surface area (TPSA) is 7.94 Å². The van der Waals surface area contributed by atoms with Crippen molar-refractivity contribution in [1.29, 1.82) is 0 Å². The van der Waals surface area contributed by atoms with Crippen LogP contribution in [0.5, 0.6) is 0 Å². The Morgan fingerprint density at radius 2 is 1.79 bits per heavy atom. The molecule has 7 heteroatoms. The first kappa shape index (κ1) is 16.0. The molecule has 0 fully saturated rings. The summed E-state index contributed by atoms with van der Waals surface area (Å²) in [6.07, 6.45) is 3.42. The third kappa shape index (κ3) is 2.07. The van der Waals surface area contributed by atoms with Crippen molar-refractivity contribution in [1.82, 2.24) is 4.48 Å². The van der Waals surface area contributed by atoms with E-state index in [0.29, 0.717) is 20.6 Å². The van der Waals surface area contributed by atoms with Crippen LogP contribution >= 0.6 is 31.9 Å². The lowest BCUT2D eigenvalue weighted by atomic mass is 9.85. The van der Waals surface area contributed by atoms with Gasteiger partial charge in [0.05, 0.1) is 10.2 Å². The van der Waals surface area contributed by atoms with Crippen molar-refractivity contribution in [2.45, 2.75) is 13.8 Å². The standard InChI is InChI=1S/C17H13BBr2F2N2/c1-10-3-4-12(11(2)9-10)17-13-5-7-15(19)23(13)18(21,22)24-14(17)6-8-16(24)20/h3-9H,1-2H3. The van der Waals surface area contributed by atoms with Gasteiger partial charge in [-0.15, -0.1) is 0 Å². The number of fused-ring (bicyclic) bond motifs is 2. The first-order chi connectivity index (χ1) is 11.3. The summed E-state index contributed by atoms with van der Waals surface area (Å²) in [5.74, 6) is 0. The van der Waals surface area contributed by atoms with Gasteiger partial charge in [-0.2, -0.15) is 0 Å². The highest BCUT2D eigenvalue weighted by molar-refractivity contribution is 9.18. The van der Waals surface area contributed by atoms with Crippen LogP contribution in [0.15, 0.2) is 52.8 Å². The van der Waals surface area contributed by atoms with E-state index in [1.54, 1.807) is 24.3 Å². The summed E-state index contributed by atoms with van der Waals surface area (Å²) >= 11 is 6.56. The average molecular weight is 454 g/mol. The Labute approximate surface area is 155 Å². The number of rotatable bonds is 1. The number of nitrogens with zero attached hydrogens (tertiary/aromatic N) is 2. The van der Waals surface area contributed by atoms with Crippen molar-refractivity contribution in [2.24, 2.45) is 0 Å². The molecular formula is C17H13BBr2F2N2. The minimum Gasteiger partial charge on any atom is -0.389 e. The van der Waals surface area contributed by atoms with Crippen molar-refractivity contribution in [3.8, 4) is 0 Å². The molecule has 2 aromatic rings. The van der Waals surface area contributed by atoms with E-state index in [4.69, 9.17) is 0 Å². The Morgan fingerprint density at radius 1 is 1.04 bits per heavy atom. The Balaban J connectivity index is 2.12. The van der Waals surface area contributed by atoms with E-state index in [2.05, 4.69) is 37.9 Å². The quantitative estimate of drug-likeness (QED) is 0.522. The third-order valence-electron chi connectivity index (χ3n) is 4.52. The maximum absolute atomic E-state index is 15.1. The van der Waals surface area contributed by atoms with Crippen LogP contribution in [0.25, 0.3) is 5.57 Å². The van der Waals surface area contributed by atoms with E-state index in [9.17, 15) is 0 Å². The zero-order valence-electron chi connectivity index (χ0n) is 13.0. The number of hydrogen-bond donors (Lipinski definition) is 0. The van der Waals surface area contributed by atoms with E-state index < -0.39 is 6.97 Å². The van der Waals surface area contributed by atoms with Crippen molar-refractivity contribution in [3.05, 3.63) is 75.2 Å². The van der Waals surface area contributed by atoms with Crippen LogP contribution in [0.3, 0.4) is 0 Å². The van der Waals surface area contributed by atoms with Crippen LogP contribution in [-0.4, -0.2) is 20.6 Å². The Kier molecular flexibility index (Phi) is 3.52. The smallest absolute Gasteiger partial charge is 0.389 e. The average Bonchev–Trinajstić information content (AvgIpc) is 3.06. The SMILES string of the molecule is Cc1ccc(C2=C3C=CC(Br)=[N+]3[B-](F)(F)n3c(Br)ccc32)c(C)c1. The van der Waals surface area contributed by atoms with Gasteiger partial charge in [0.15, 0.2) is 5.70 Å². The summed E-state index contributed by atoms with van der Waals surface area (Å²) in [5.41, 5.74) is 5.04. The van der Waals surface area contributed by atoms with Crippen LogP contribution < -0.4 is 0 Å². The number of benzene rings is 1. The highest BCUT2D eigenvalue weighted by Crippen LogP contribution is 2.42. The first-order valence-electron chi connectivity index (χ1n) is 7.53. The molecule has 4 rings (SSSR count). The van der Waals surface area contributed by atoms with Crippen molar-refractivity contribution in [3.63, 3.8) is 0 Å². The molecule has 0 bridgehead atoms. The van der Waals surface area contributed by atoms with Gasteiger partial charge < -0.3 is 17.6 Å². The number of hydrogen-bond acceptors (Lipinski definition) is 0. The predicted octanol–water partition coefficient (Wildman–Crippen LogP) is 5.24. The van der Waals surface area contributed by atoms with Crippen LogP contribution in [0.4, 0.5) is 8.63 Å². The molecule has 0 N–H and O–H groups in total. The zero-order chi connectivity index (χ0) is 17.2. The second kappa shape index (κ2) is 5.26. The summed E-state index contributed by atoms with van der Waals surface area (Å²) in [4.78, 5) is 0. The van der Waals surface area contributed by atoms with Crippen molar-refractivity contribution in [2.75, 3.05) is 0 Å². The molecule has 0 saturated heterocycles. The summed E-state index contributed by atoms with van der Waals surface area (Å²) in [7, 11) is 0. The monoisotopic (exact) mass is 452 g/mol. The number of aryl methyl sites for hydroxylation is 2.